The molecule has 3 rings (SSSR count). The molecule has 116 valence electrons. The normalized spacial score (nSPS) is 18.5. The van der Waals surface area contributed by atoms with Crippen molar-refractivity contribution in [1.29, 1.82) is 0 Å². The van der Waals surface area contributed by atoms with Gasteiger partial charge in [0.15, 0.2) is 5.17 Å². The van der Waals surface area contributed by atoms with Crippen LogP contribution in [0.15, 0.2) is 34.5 Å². The summed E-state index contributed by atoms with van der Waals surface area (Å²) in [6, 6.07) is 7.68. The number of morpholine rings is 1. The third-order valence-electron chi connectivity index (χ3n) is 3.41. The second kappa shape index (κ2) is 6.93. The summed E-state index contributed by atoms with van der Waals surface area (Å²) in [5.41, 5.74) is 2.78. The van der Waals surface area contributed by atoms with E-state index in [9.17, 15) is 4.79 Å². The predicted octanol–water partition coefficient (Wildman–Crippen LogP) is 1.78. The average molecular weight is 318 g/mol. The summed E-state index contributed by atoms with van der Waals surface area (Å²) in [5.74, 6) is 0.730. The molecule has 1 fully saturated rings. The molecule has 1 amide bonds. The summed E-state index contributed by atoms with van der Waals surface area (Å²) >= 11 is 1.71. The maximum absolute atomic E-state index is 11.0. The average Bonchev–Trinajstić information content (AvgIpc) is 2.56. The lowest BCUT2D eigenvalue weighted by molar-refractivity contribution is -0.114. The molecule has 0 spiro atoms. The molecule has 0 saturated carbocycles. The minimum absolute atomic E-state index is 0.0712. The molecule has 1 aromatic rings. The van der Waals surface area contributed by atoms with E-state index in [1.807, 2.05) is 24.3 Å². The fourth-order valence-corrected chi connectivity index (χ4v) is 3.25. The topological polar surface area (TPSA) is 66.3 Å². The molecular formula is C15H18N4O2S. The molecule has 7 heteroatoms. The smallest absolute Gasteiger partial charge is 0.221 e. The molecule has 1 saturated heterocycles. The fraction of sp³-hybridized carbons (Fsp3) is 0.400. The lowest BCUT2D eigenvalue weighted by Gasteiger charge is -2.29. The number of anilines is 1. The second-order valence-corrected chi connectivity index (χ2v) is 6.02. The van der Waals surface area contributed by atoms with Crippen molar-refractivity contribution in [3.05, 3.63) is 29.8 Å². The molecule has 22 heavy (non-hydrogen) atoms. The van der Waals surface area contributed by atoms with Gasteiger partial charge in [0.05, 0.1) is 18.9 Å². The number of nitrogens with zero attached hydrogens (tertiary/aromatic N) is 3. The summed E-state index contributed by atoms with van der Waals surface area (Å²) in [5, 5.41) is 12.4. The van der Waals surface area contributed by atoms with E-state index in [0.29, 0.717) is 0 Å². The van der Waals surface area contributed by atoms with Crippen LogP contribution in [0.25, 0.3) is 0 Å². The van der Waals surface area contributed by atoms with Gasteiger partial charge >= 0.3 is 0 Å². The molecule has 0 aromatic heterocycles. The van der Waals surface area contributed by atoms with E-state index in [1.165, 1.54) is 6.92 Å². The number of ether oxygens (including phenoxy) is 1. The van der Waals surface area contributed by atoms with Gasteiger partial charge in [0.1, 0.15) is 0 Å². The van der Waals surface area contributed by atoms with Crippen LogP contribution in [0.5, 0.6) is 0 Å². The van der Waals surface area contributed by atoms with E-state index in [4.69, 9.17) is 4.74 Å². The number of amides is 1. The Hall–Kier alpha value is -1.86. The Balaban J connectivity index is 1.69. The lowest BCUT2D eigenvalue weighted by Crippen LogP contribution is -2.40. The Kier molecular flexibility index (Phi) is 4.74. The van der Waals surface area contributed by atoms with Crippen LogP contribution in [-0.4, -0.2) is 53.7 Å². The second-order valence-electron chi connectivity index (χ2n) is 5.08. The molecule has 0 bridgehead atoms. The molecular weight excluding hydrogens is 300 g/mol. The highest BCUT2D eigenvalue weighted by atomic mass is 32.2. The largest absolute Gasteiger partial charge is 0.378 e. The van der Waals surface area contributed by atoms with Gasteiger partial charge in [0, 0.05) is 31.5 Å². The van der Waals surface area contributed by atoms with Crippen LogP contribution >= 0.6 is 11.8 Å². The standard InChI is InChI=1S/C15H18N4O2S/c1-11(20)16-13-4-2-12(3-5-13)14-10-22-15(18-17-14)19-6-8-21-9-7-19/h2-5H,6-10H2,1H3,(H,16,20). The van der Waals surface area contributed by atoms with Gasteiger partial charge < -0.3 is 15.0 Å². The van der Waals surface area contributed by atoms with E-state index in [0.717, 1.165) is 54.2 Å². The van der Waals surface area contributed by atoms with E-state index < -0.39 is 0 Å². The number of hydrogen-bond acceptors (Lipinski definition) is 6. The van der Waals surface area contributed by atoms with E-state index in [2.05, 4.69) is 20.4 Å². The lowest BCUT2D eigenvalue weighted by atomic mass is 10.1. The maximum Gasteiger partial charge on any atom is 0.221 e. The predicted molar refractivity (Wildman–Crippen MR) is 89.6 cm³/mol. The number of nitrogens with one attached hydrogen (secondary N) is 1. The van der Waals surface area contributed by atoms with Crippen molar-refractivity contribution < 1.29 is 9.53 Å². The van der Waals surface area contributed by atoms with E-state index >= 15 is 0 Å². The summed E-state index contributed by atoms with van der Waals surface area (Å²) in [7, 11) is 0. The van der Waals surface area contributed by atoms with Crippen molar-refractivity contribution >= 4 is 34.2 Å². The van der Waals surface area contributed by atoms with Crippen molar-refractivity contribution in [1.82, 2.24) is 4.90 Å². The highest BCUT2D eigenvalue weighted by Gasteiger charge is 2.19. The Morgan fingerprint density at radius 2 is 1.95 bits per heavy atom. The number of amidine groups is 1. The van der Waals surface area contributed by atoms with Gasteiger partial charge in [-0.05, 0) is 17.7 Å². The first kappa shape index (κ1) is 15.1. The van der Waals surface area contributed by atoms with Gasteiger partial charge in [0.2, 0.25) is 5.91 Å². The van der Waals surface area contributed by atoms with Crippen LogP contribution in [-0.2, 0) is 9.53 Å². The Bertz CT molecular complexity index is 606. The number of carbonyl (C=O) groups is 1. The number of benzene rings is 1. The zero-order chi connectivity index (χ0) is 15.4. The zero-order valence-electron chi connectivity index (χ0n) is 12.4. The Morgan fingerprint density at radius 3 is 2.55 bits per heavy atom. The highest BCUT2D eigenvalue weighted by Crippen LogP contribution is 2.20. The number of carbonyl (C=O) groups excluding carboxylic acids is 1. The first-order valence-corrected chi connectivity index (χ1v) is 8.19. The minimum Gasteiger partial charge on any atom is -0.378 e. The van der Waals surface area contributed by atoms with Gasteiger partial charge in [-0.15, -0.1) is 5.10 Å². The van der Waals surface area contributed by atoms with Crippen LogP contribution < -0.4 is 5.32 Å². The van der Waals surface area contributed by atoms with Crippen molar-refractivity contribution in [3.63, 3.8) is 0 Å². The van der Waals surface area contributed by atoms with Gasteiger partial charge in [0.25, 0.3) is 0 Å². The van der Waals surface area contributed by atoms with Crippen LogP contribution in [0.1, 0.15) is 12.5 Å². The van der Waals surface area contributed by atoms with E-state index in [1.54, 1.807) is 11.8 Å². The first-order chi connectivity index (χ1) is 10.7. The van der Waals surface area contributed by atoms with Gasteiger partial charge in [-0.2, -0.15) is 5.10 Å². The molecule has 0 radical (unpaired) electrons. The van der Waals surface area contributed by atoms with Gasteiger partial charge in [-0.1, -0.05) is 23.9 Å². The molecule has 1 N–H and O–H groups in total. The molecule has 2 aliphatic heterocycles. The third-order valence-corrected chi connectivity index (χ3v) is 4.43. The summed E-state index contributed by atoms with van der Waals surface area (Å²) in [6.45, 7) is 4.75. The molecule has 0 atom stereocenters. The molecule has 2 aliphatic rings. The monoisotopic (exact) mass is 318 g/mol. The zero-order valence-corrected chi connectivity index (χ0v) is 13.2. The van der Waals surface area contributed by atoms with Gasteiger partial charge in [-0.25, -0.2) is 0 Å². The molecule has 0 unspecified atom stereocenters. The Morgan fingerprint density at radius 1 is 1.23 bits per heavy atom. The molecule has 0 aliphatic carbocycles. The minimum atomic E-state index is -0.0712. The number of rotatable bonds is 2. The highest BCUT2D eigenvalue weighted by molar-refractivity contribution is 8.14. The molecule has 2 heterocycles. The van der Waals surface area contributed by atoms with E-state index in [-0.39, 0.29) is 5.91 Å². The van der Waals surface area contributed by atoms with Crippen LogP contribution in [0.2, 0.25) is 0 Å². The third kappa shape index (κ3) is 3.66. The van der Waals surface area contributed by atoms with Crippen LogP contribution in [0.3, 0.4) is 0 Å². The Labute approximate surface area is 133 Å². The molecule has 6 nitrogen and oxygen atoms in total. The van der Waals surface area contributed by atoms with Crippen molar-refractivity contribution in [2.24, 2.45) is 10.2 Å². The first-order valence-electron chi connectivity index (χ1n) is 7.20. The maximum atomic E-state index is 11.0. The summed E-state index contributed by atoms with van der Waals surface area (Å²) in [4.78, 5) is 13.2. The van der Waals surface area contributed by atoms with Crippen molar-refractivity contribution in [2.45, 2.75) is 6.92 Å². The van der Waals surface area contributed by atoms with Crippen molar-refractivity contribution in [3.8, 4) is 0 Å². The van der Waals surface area contributed by atoms with Crippen LogP contribution in [0, 0.1) is 0 Å². The van der Waals surface area contributed by atoms with Crippen molar-refractivity contribution in [2.75, 3.05) is 37.4 Å². The molecule has 1 aromatic carbocycles. The quantitative estimate of drug-likeness (QED) is 0.903. The van der Waals surface area contributed by atoms with Gasteiger partial charge in [-0.3, -0.25) is 4.79 Å². The summed E-state index contributed by atoms with van der Waals surface area (Å²) < 4.78 is 5.35. The number of thioether (sulfide) groups is 1. The summed E-state index contributed by atoms with van der Waals surface area (Å²) in [6.07, 6.45) is 0. The van der Waals surface area contributed by atoms with Crippen LogP contribution in [0.4, 0.5) is 5.69 Å². The number of hydrogen-bond donors (Lipinski definition) is 1. The SMILES string of the molecule is CC(=O)Nc1ccc(C2=NN=C(N3CCOCC3)SC2)cc1. The fourth-order valence-electron chi connectivity index (χ4n) is 2.29.